The van der Waals surface area contributed by atoms with E-state index in [1.807, 2.05) is 122 Å². The summed E-state index contributed by atoms with van der Waals surface area (Å²) in [5.41, 5.74) is 2.83. The van der Waals surface area contributed by atoms with E-state index in [1.54, 1.807) is 17.6 Å². The van der Waals surface area contributed by atoms with Crippen molar-refractivity contribution < 1.29 is 9.15 Å². The number of benzene rings is 4. The summed E-state index contributed by atoms with van der Waals surface area (Å²) in [5, 5.41) is 5.89. The Hall–Kier alpha value is -7.10. The van der Waals surface area contributed by atoms with Gasteiger partial charge in [-0.1, -0.05) is 84.9 Å². The summed E-state index contributed by atoms with van der Waals surface area (Å²) in [6, 6.07) is 46.4. The minimum atomic E-state index is -1.44. The second-order valence-electron chi connectivity index (χ2n) is 13.5. The predicted octanol–water partition coefficient (Wildman–Crippen LogP) is 10.2. The number of hydrogen-bond donors (Lipinski definition) is 0. The fraction of sp³-hybridized carbons (Fsp3) is 0.0435. The van der Waals surface area contributed by atoms with Gasteiger partial charge < -0.3 is 9.15 Å². The topological polar surface area (TPSA) is 99.7 Å². The van der Waals surface area contributed by atoms with Gasteiger partial charge in [-0.15, -0.1) is 11.3 Å². The van der Waals surface area contributed by atoms with Crippen molar-refractivity contribution in [3.8, 4) is 0 Å². The van der Waals surface area contributed by atoms with Crippen LogP contribution < -0.4 is 0 Å². The molecule has 0 spiro atoms. The molecular weight excluding hydrogens is 701 g/mol. The summed E-state index contributed by atoms with van der Waals surface area (Å²) in [5.74, 6) is 1.39. The van der Waals surface area contributed by atoms with Gasteiger partial charge in [0.15, 0.2) is 17.0 Å². The summed E-state index contributed by atoms with van der Waals surface area (Å²) in [6.45, 7) is 0. The lowest BCUT2D eigenvalue weighted by molar-refractivity contribution is 0.0469. The number of fused-ring (bicyclic) bond motifs is 4. The molecule has 0 bridgehead atoms. The van der Waals surface area contributed by atoms with Gasteiger partial charge in [-0.05, 0) is 65.4 Å². The van der Waals surface area contributed by atoms with Crippen LogP contribution in [0.4, 0.5) is 0 Å². The third kappa shape index (κ3) is 4.57. The molecule has 11 rings (SSSR count). The molecule has 0 saturated heterocycles. The number of furan rings is 1. The van der Waals surface area contributed by atoms with Gasteiger partial charge in [0.2, 0.25) is 5.60 Å². The Bertz CT molecular complexity index is 3100. The second kappa shape index (κ2) is 12.2. The van der Waals surface area contributed by atoms with E-state index in [2.05, 4.69) is 41.8 Å². The number of ether oxygens (including phenoxy) is 1. The average Bonchev–Trinajstić information content (AvgIpc) is 4.05. The molecular formula is C46H28N6O2S. The molecule has 0 amide bonds. The average molecular weight is 729 g/mol. The predicted molar refractivity (Wildman–Crippen MR) is 215 cm³/mol. The second-order valence-corrected chi connectivity index (χ2v) is 14.4. The Morgan fingerprint density at radius 3 is 2.13 bits per heavy atom. The first-order valence-corrected chi connectivity index (χ1v) is 18.8. The third-order valence-corrected chi connectivity index (χ3v) is 11.5. The Morgan fingerprint density at radius 1 is 0.545 bits per heavy atom. The van der Waals surface area contributed by atoms with E-state index < -0.39 is 11.0 Å². The highest BCUT2D eigenvalue weighted by Crippen LogP contribution is 2.67. The first kappa shape index (κ1) is 31.4. The van der Waals surface area contributed by atoms with Crippen molar-refractivity contribution in [2.75, 3.05) is 0 Å². The largest absolute Gasteiger partial charge is 0.469 e. The zero-order valence-corrected chi connectivity index (χ0v) is 29.9. The normalized spacial score (nSPS) is 18.4. The molecule has 0 N–H and O–H groups in total. The van der Waals surface area contributed by atoms with E-state index in [1.165, 1.54) is 0 Å². The molecule has 55 heavy (non-hydrogen) atoms. The van der Waals surface area contributed by atoms with E-state index in [4.69, 9.17) is 39.1 Å². The van der Waals surface area contributed by atoms with E-state index in [9.17, 15) is 0 Å². The van der Waals surface area contributed by atoms with Crippen LogP contribution in [0.1, 0.15) is 33.5 Å². The third-order valence-electron chi connectivity index (χ3n) is 10.5. The molecule has 0 fully saturated rings. The minimum absolute atomic E-state index is 0.388. The Kier molecular flexibility index (Phi) is 6.99. The zero-order chi connectivity index (χ0) is 36.4. The number of aromatic nitrogens is 6. The Labute approximate surface area is 318 Å². The highest BCUT2D eigenvalue weighted by molar-refractivity contribution is 7.10. The number of thiophene rings is 1. The van der Waals surface area contributed by atoms with Gasteiger partial charge in [-0.25, -0.2) is 15.0 Å². The van der Waals surface area contributed by atoms with Crippen molar-refractivity contribution in [1.29, 1.82) is 0 Å². The SMILES string of the molecule is c1coc(C2(c3ccc4ccccc4n3)C(c3cnc4ccccc4n3)=C(c3ncc4ccccc4n3)OC2(c2cccs2)c2nccc3ccccc23)c1. The summed E-state index contributed by atoms with van der Waals surface area (Å²) < 4.78 is 14.5. The summed E-state index contributed by atoms with van der Waals surface area (Å²) in [7, 11) is 0. The van der Waals surface area contributed by atoms with Crippen molar-refractivity contribution in [2.45, 2.75) is 11.0 Å². The van der Waals surface area contributed by atoms with Gasteiger partial charge in [0.25, 0.3) is 0 Å². The molecule has 8 nitrogen and oxygen atoms in total. The Morgan fingerprint density at radius 2 is 1.31 bits per heavy atom. The van der Waals surface area contributed by atoms with Crippen molar-refractivity contribution in [2.24, 2.45) is 0 Å². The van der Waals surface area contributed by atoms with Crippen LogP contribution in [0.2, 0.25) is 0 Å². The number of para-hydroxylation sites is 4. The molecule has 1 aliphatic rings. The number of hydrogen-bond acceptors (Lipinski definition) is 9. The number of rotatable bonds is 6. The fourth-order valence-corrected chi connectivity index (χ4v) is 9.13. The van der Waals surface area contributed by atoms with E-state index in [-0.39, 0.29) is 0 Å². The maximum atomic E-state index is 7.84. The maximum absolute atomic E-state index is 7.84. The maximum Gasteiger partial charge on any atom is 0.208 e. The van der Waals surface area contributed by atoms with Crippen LogP contribution >= 0.6 is 11.3 Å². The van der Waals surface area contributed by atoms with Gasteiger partial charge in [-0.3, -0.25) is 15.0 Å². The zero-order valence-electron chi connectivity index (χ0n) is 29.1. The first-order chi connectivity index (χ1) is 27.2. The molecule has 2 atom stereocenters. The van der Waals surface area contributed by atoms with Gasteiger partial charge in [0, 0.05) is 28.6 Å². The van der Waals surface area contributed by atoms with Crippen LogP contribution in [-0.4, -0.2) is 29.9 Å². The quantitative estimate of drug-likeness (QED) is 0.167. The highest BCUT2D eigenvalue weighted by atomic mass is 32.1. The molecule has 4 aromatic carbocycles. The van der Waals surface area contributed by atoms with E-state index in [0.29, 0.717) is 40.0 Å². The minimum Gasteiger partial charge on any atom is -0.469 e. The van der Waals surface area contributed by atoms with Crippen LogP contribution in [0.15, 0.2) is 174 Å². The summed E-state index contributed by atoms with van der Waals surface area (Å²) in [4.78, 5) is 32.2. The van der Waals surface area contributed by atoms with Gasteiger partial charge in [0.1, 0.15) is 5.76 Å². The molecule has 9 heteroatoms. The van der Waals surface area contributed by atoms with Gasteiger partial charge >= 0.3 is 0 Å². The van der Waals surface area contributed by atoms with E-state index >= 15 is 0 Å². The molecule has 7 heterocycles. The molecule has 0 radical (unpaired) electrons. The monoisotopic (exact) mass is 728 g/mol. The van der Waals surface area contributed by atoms with Crippen molar-refractivity contribution in [3.05, 3.63) is 203 Å². The van der Waals surface area contributed by atoms with Crippen molar-refractivity contribution in [1.82, 2.24) is 29.9 Å². The first-order valence-electron chi connectivity index (χ1n) is 17.9. The Balaban J connectivity index is 1.39. The van der Waals surface area contributed by atoms with Crippen LogP contribution in [0, 0.1) is 0 Å². The van der Waals surface area contributed by atoms with Crippen LogP contribution in [0.3, 0.4) is 0 Å². The van der Waals surface area contributed by atoms with Crippen LogP contribution in [-0.2, 0) is 15.8 Å². The standard InChI is InChI=1S/C46H28N6O2S/c1-4-14-32-29(11-1)23-24-47-43(32)46(40-20-10-26-55-40)45(39-19-9-25-53-39,38-22-21-30-12-2-5-15-33(30)51-38)41(37-28-48-35-17-7-8-18-36(35)50-37)42(54-46)44-49-27-31-13-3-6-16-34(31)52-44/h1-28H. The lowest BCUT2D eigenvalue weighted by atomic mass is 9.60. The molecule has 10 aromatic rings. The fourth-order valence-electron chi connectivity index (χ4n) is 8.21. The van der Waals surface area contributed by atoms with Crippen molar-refractivity contribution in [3.63, 3.8) is 0 Å². The smallest absolute Gasteiger partial charge is 0.208 e. The molecule has 2 unspecified atom stereocenters. The number of nitrogens with zero attached hydrogens (tertiary/aromatic N) is 6. The number of pyridine rings is 2. The van der Waals surface area contributed by atoms with E-state index in [0.717, 1.165) is 48.5 Å². The van der Waals surface area contributed by atoms with Gasteiger partial charge in [-0.2, -0.15) is 0 Å². The molecule has 1 aliphatic heterocycles. The lowest BCUT2D eigenvalue weighted by Gasteiger charge is -2.43. The van der Waals surface area contributed by atoms with Crippen LogP contribution in [0.5, 0.6) is 0 Å². The van der Waals surface area contributed by atoms with Crippen LogP contribution in [0.25, 0.3) is 54.9 Å². The molecule has 0 aliphatic carbocycles. The molecule has 6 aromatic heterocycles. The molecule has 0 saturated carbocycles. The van der Waals surface area contributed by atoms with Crippen molar-refractivity contribution >= 4 is 66.3 Å². The van der Waals surface area contributed by atoms with Gasteiger partial charge in [0.05, 0.1) is 62.1 Å². The lowest BCUT2D eigenvalue weighted by Crippen LogP contribution is -2.50. The summed E-state index contributed by atoms with van der Waals surface area (Å²) >= 11 is 1.58. The molecule has 260 valence electrons. The summed E-state index contributed by atoms with van der Waals surface area (Å²) in [6.07, 6.45) is 7.18. The highest BCUT2D eigenvalue weighted by Gasteiger charge is 2.70.